The number of nitrogens with one attached hydrogen (secondary N) is 1. The molecule has 1 fully saturated rings. The summed E-state index contributed by atoms with van der Waals surface area (Å²) in [5.41, 5.74) is 3.74. The molecular formula is C25H24N4O2S. The van der Waals surface area contributed by atoms with E-state index in [0.717, 1.165) is 46.4 Å². The molecule has 2 aromatic carbocycles. The molecule has 6 nitrogen and oxygen atoms in total. The summed E-state index contributed by atoms with van der Waals surface area (Å²) in [7, 11) is -0.902. The number of nitrogens with zero attached hydrogens (tertiary/aromatic N) is 3. The van der Waals surface area contributed by atoms with E-state index in [0.29, 0.717) is 24.8 Å². The van der Waals surface area contributed by atoms with Gasteiger partial charge in [-0.3, -0.25) is 9.19 Å². The van der Waals surface area contributed by atoms with Gasteiger partial charge in [-0.05, 0) is 54.8 Å². The van der Waals surface area contributed by atoms with Gasteiger partial charge in [0.1, 0.15) is 5.82 Å². The van der Waals surface area contributed by atoms with Crippen LogP contribution in [0.5, 0.6) is 0 Å². The van der Waals surface area contributed by atoms with Crippen LogP contribution in [0, 0.1) is 0 Å². The van der Waals surface area contributed by atoms with Crippen molar-refractivity contribution in [3.8, 4) is 11.4 Å². The molecule has 4 aromatic rings. The molecule has 0 aliphatic carbocycles. The maximum Gasteiger partial charge on any atom is 0.162 e. The van der Waals surface area contributed by atoms with Gasteiger partial charge in [0, 0.05) is 64.0 Å². The first-order valence-corrected chi connectivity index (χ1v) is 12.1. The Morgan fingerprint density at radius 3 is 2.62 bits per heavy atom. The standard InChI is InChI=1S/C25H24N4O2S/c30-32(21-10-14-31-15-11-21)17-18-4-3-5-20(16-18)27-25-22-6-1-2-7-23(22)28-24(29-25)19-8-12-26-13-9-19/h1-9,12-13,16,21H,10-11,14-15,17H2,(H,27,28,29). The fourth-order valence-electron chi connectivity index (χ4n) is 3.90. The van der Waals surface area contributed by atoms with Crippen LogP contribution in [0.1, 0.15) is 18.4 Å². The molecule has 5 rings (SSSR count). The molecule has 0 bridgehead atoms. The van der Waals surface area contributed by atoms with E-state index in [4.69, 9.17) is 14.7 Å². The fourth-order valence-corrected chi connectivity index (χ4v) is 5.36. The highest BCUT2D eigenvalue weighted by Gasteiger charge is 2.20. The van der Waals surface area contributed by atoms with Crippen LogP contribution in [-0.2, 0) is 21.3 Å². The number of anilines is 2. The van der Waals surface area contributed by atoms with Gasteiger partial charge >= 0.3 is 0 Å². The number of pyridine rings is 1. The van der Waals surface area contributed by atoms with Crippen LogP contribution in [0.3, 0.4) is 0 Å². The molecule has 162 valence electrons. The Kier molecular flexibility index (Phi) is 6.18. The van der Waals surface area contributed by atoms with Gasteiger partial charge in [-0.25, -0.2) is 9.97 Å². The summed E-state index contributed by atoms with van der Waals surface area (Å²) in [6.45, 7) is 1.41. The highest BCUT2D eigenvalue weighted by Crippen LogP contribution is 2.28. The number of ether oxygens (including phenoxy) is 1. The maximum absolute atomic E-state index is 12.8. The molecular weight excluding hydrogens is 420 g/mol. The SMILES string of the molecule is O=S(Cc1cccc(Nc2nc(-c3ccncc3)nc3ccccc23)c1)C1CCOCC1. The molecule has 3 heterocycles. The Balaban J connectivity index is 1.43. The Hall–Kier alpha value is -3.16. The van der Waals surface area contributed by atoms with Crippen molar-refractivity contribution in [2.75, 3.05) is 18.5 Å². The van der Waals surface area contributed by atoms with Gasteiger partial charge in [-0.2, -0.15) is 0 Å². The average Bonchev–Trinajstić information content (AvgIpc) is 2.85. The number of fused-ring (bicyclic) bond motifs is 1. The lowest BCUT2D eigenvalue weighted by molar-refractivity contribution is 0.0992. The second kappa shape index (κ2) is 9.54. The number of hydrogen-bond acceptors (Lipinski definition) is 6. The van der Waals surface area contributed by atoms with E-state index < -0.39 is 10.8 Å². The number of para-hydroxylation sites is 1. The fraction of sp³-hybridized carbons (Fsp3) is 0.240. The molecule has 0 radical (unpaired) electrons. The van der Waals surface area contributed by atoms with E-state index in [1.54, 1.807) is 12.4 Å². The molecule has 1 N–H and O–H groups in total. The zero-order valence-corrected chi connectivity index (χ0v) is 18.4. The van der Waals surface area contributed by atoms with Crippen LogP contribution in [0.25, 0.3) is 22.3 Å². The topological polar surface area (TPSA) is 77.0 Å². The van der Waals surface area contributed by atoms with Crippen molar-refractivity contribution >= 4 is 33.2 Å². The summed E-state index contributed by atoms with van der Waals surface area (Å²) in [5.74, 6) is 1.93. The molecule has 1 unspecified atom stereocenters. The first-order valence-electron chi connectivity index (χ1n) is 10.7. The van der Waals surface area contributed by atoms with Crippen LogP contribution >= 0.6 is 0 Å². The van der Waals surface area contributed by atoms with Crippen LogP contribution in [-0.4, -0.2) is 37.6 Å². The number of benzene rings is 2. The zero-order valence-electron chi connectivity index (χ0n) is 17.6. The smallest absolute Gasteiger partial charge is 0.162 e. The van der Waals surface area contributed by atoms with Gasteiger partial charge in [0.05, 0.1) is 5.52 Å². The summed E-state index contributed by atoms with van der Waals surface area (Å²) in [4.78, 5) is 13.6. The highest BCUT2D eigenvalue weighted by molar-refractivity contribution is 7.84. The molecule has 7 heteroatoms. The number of rotatable bonds is 6. The molecule has 1 saturated heterocycles. The third kappa shape index (κ3) is 4.69. The molecule has 0 spiro atoms. The second-order valence-corrected chi connectivity index (χ2v) is 9.53. The molecule has 32 heavy (non-hydrogen) atoms. The summed E-state index contributed by atoms with van der Waals surface area (Å²) >= 11 is 0. The van der Waals surface area contributed by atoms with E-state index in [9.17, 15) is 4.21 Å². The lowest BCUT2D eigenvalue weighted by Gasteiger charge is -2.21. The van der Waals surface area contributed by atoms with Gasteiger partial charge < -0.3 is 10.1 Å². The minimum Gasteiger partial charge on any atom is -0.381 e. The normalized spacial score (nSPS) is 15.5. The second-order valence-electron chi connectivity index (χ2n) is 7.81. The van der Waals surface area contributed by atoms with Gasteiger partial charge in [0.15, 0.2) is 5.82 Å². The van der Waals surface area contributed by atoms with Crippen LogP contribution in [0.4, 0.5) is 11.5 Å². The first kappa shape index (κ1) is 20.7. The van der Waals surface area contributed by atoms with Gasteiger partial charge in [-0.1, -0.05) is 24.3 Å². The summed E-state index contributed by atoms with van der Waals surface area (Å²) in [6, 6.07) is 19.8. The number of aromatic nitrogens is 3. The number of hydrogen-bond donors (Lipinski definition) is 1. The van der Waals surface area contributed by atoms with Gasteiger partial charge in [0.2, 0.25) is 0 Å². The monoisotopic (exact) mass is 444 g/mol. The quantitative estimate of drug-likeness (QED) is 0.458. The molecule has 2 aromatic heterocycles. The summed E-state index contributed by atoms with van der Waals surface area (Å²) in [5, 5.41) is 4.63. The predicted octanol–water partition coefficient (Wildman–Crippen LogP) is 4.86. The molecule has 0 amide bonds. The van der Waals surface area contributed by atoms with Crippen molar-refractivity contribution in [2.45, 2.75) is 23.8 Å². The van der Waals surface area contributed by atoms with Gasteiger partial charge in [0.25, 0.3) is 0 Å². The largest absolute Gasteiger partial charge is 0.381 e. The van der Waals surface area contributed by atoms with E-state index in [1.165, 1.54) is 0 Å². The van der Waals surface area contributed by atoms with E-state index >= 15 is 0 Å². The van der Waals surface area contributed by atoms with Crippen LogP contribution in [0.15, 0.2) is 73.1 Å². The summed E-state index contributed by atoms with van der Waals surface area (Å²) in [6.07, 6.45) is 5.22. The highest BCUT2D eigenvalue weighted by atomic mass is 32.2. The minimum absolute atomic E-state index is 0.217. The maximum atomic E-state index is 12.8. The lowest BCUT2D eigenvalue weighted by Crippen LogP contribution is -2.25. The van der Waals surface area contributed by atoms with Gasteiger partial charge in [-0.15, -0.1) is 0 Å². The Bertz CT molecular complexity index is 1240. The van der Waals surface area contributed by atoms with Crippen molar-refractivity contribution < 1.29 is 8.95 Å². The van der Waals surface area contributed by atoms with Crippen LogP contribution < -0.4 is 5.32 Å². The van der Waals surface area contributed by atoms with E-state index in [-0.39, 0.29) is 5.25 Å². The van der Waals surface area contributed by atoms with Crippen molar-refractivity contribution in [1.29, 1.82) is 0 Å². The Morgan fingerprint density at radius 2 is 1.78 bits per heavy atom. The minimum atomic E-state index is -0.902. The first-order chi connectivity index (χ1) is 15.8. The van der Waals surface area contributed by atoms with Crippen molar-refractivity contribution in [3.63, 3.8) is 0 Å². The molecule has 1 aliphatic rings. The Morgan fingerprint density at radius 1 is 0.969 bits per heavy atom. The molecule has 1 aliphatic heterocycles. The molecule has 0 saturated carbocycles. The summed E-state index contributed by atoms with van der Waals surface area (Å²) < 4.78 is 18.2. The van der Waals surface area contributed by atoms with Crippen molar-refractivity contribution in [1.82, 2.24) is 15.0 Å². The molecule has 1 atom stereocenters. The zero-order chi connectivity index (χ0) is 21.8. The average molecular weight is 445 g/mol. The Labute approximate surface area is 189 Å². The lowest BCUT2D eigenvalue weighted by atomic mass is 10.2. The van der Waals surface area contributed by atoms with E-state index in [1.807, 2.05) is 54.6 Å². The third-order valence-corrected chi connectivity index (χ3v) is 7.41. The van der Waals surface area contributed by atoms with Crippen LogP contribution in [0.2, 0.25) is 0 Å². The third-order valence-electron chi connectivity index (χ3n) is 5.58. The van der Waals surface area contributed by atoms with E-state index in [2.05, 4.69) is 16.4 Å². The van der Waals surface area contributed by atoms with Crippen molar-refractivity contribution in [3.05, 3.63) is 78.6 Å². The van der Waals surface area contributed by atoms with Crippen molar-refractivity contribution in [2.24, 2.45) is 0 Å². The predicted molar refractivity (Wildman–Crippen MR) is 128 cm³/mol.